The van der Waals surface area contributed by atoms with Crippen LogP contribution >= 0.6 is 31.9 Å². The highest BCUT2D eigenvalue weighted by molar-refractivity contribution is 9.13. The van der Waals surface area contributed by atoms with Crippen molar-refractivity contribution in [3.8, 4) is 16.9 Å². The summed E-state index contributed by atoms with van der Waals surface area (Å²) >= 11 is 6.90. The van der Waals surface area contributed by atoms with Crippen LogP contribution in [0.15, 0.2) is 45.6 Å². The lowest BCUT2D eigenvalue weighted by Crippen LogP contribution is -1.86. The first-order valence-corrected chi connectivity index (χ1v) is 6.25. The van der Waals surface area contributed by atoms with E-state index in [0.717, 1.165) is 26.0 Å². The summed E-state index contributed by atoms with van der Waals surface area (Å²) in [5.41, 5.74) is 2.18. The summed E-state index contributed by atoms with van der Waals surface area (Å²) in [7, 11) is 1.66. The molecule has 0 unspecified atom stereocenters. The second-order valence-corrected chi connectivity index (χ2v) is 4.74. The third-order valence-electron chi connectivity index (χ3n) is 2.23. The summed E-state index contributed by atoms with van der Waals surface area (Å²) in [6.45, 7) is 0. The number of hydrogen-bond acceptors (Lipinski definition) is 2. The van der Waals surface area contributed by atoms with E-state index < -0.39 is 0 Å². The van der Waals surface area contributed by atoms with Crippen LogP contribution in [0.4, 0.5) is 0 Å². The van der Waals surface area contributed by atoms with E-state index in [1.165, 1.54) is 0 Å². The molecule has 82 valence electrons. The van der Waals surface area contributed by atoms with Gasteiger partial charge < -0.3 is 4.74 Å². The van der Waals surface area contributed by atoms with Crippen LogP contribution in [0.2, 0.25) is 0 Å². The zero-order valence-electron chi connectivity index (χ0n) is 8.58. The van der Waals surface area contributed by atoms with Gasteiger partial charge in [-0.3, -0.25) is 0 Å². The van der Waals surface area contributed by atoms with Crippen LogP contribution < -0.4 is 4.74 Å². The summed E-state index contributed by atoms with van der Waals surface area (Å²) in [5.74, 6) is 0.845. The SMILES string of the molecule is COc1cccc(-c2ccnc(Br)c2Br)c1. The van der Waals surface area contributed by atoms with Crippen molar-refractivity contribution in [2.75, 3.05) is 7.11 Å². The number of aromatic nitrogens is 1. The highest BCUT2D eigenvalue weighted by Crippen LogP contribution is 2.33. The Labute approximate surface area is 111 Å². The first kappa shape index (κ1) is 11.6. The van der Waals surface area contributed by atoms with Crippen molar-refractivity contribution in [2.24, 2.45) is 0 Å². The Bertz CT molecular complexity index is 514. The third-order valence-corrected chi connectivity index (χ3v) is 4.16. The van der Waals surface area contributed by atoms with E-state index in [4.69, 9.17) is 4.74 Å². The molecule has 16 heavy (non-hydrogen) atoms. The van der Waals surface area contributed by atoms with Crippen LogP contribution in [-0.4, -0.2) is 12.1 Å². The molecule has 2 aromatic rings. The van der Waals surface area contributed by atoms with Crippen molar-refractivity contribution in [3.63, 3.8) is 0 Å². The van der Waals surface area contributed by atoms with Gasteiger partial charge in [0, 0.05) is 11.8 Å². The van der Waals surface area contributed by atoms with E-state index in [1.54, 1.807) is 13.3 Å². The van der Waals surface area contributed by atoms with Gasteiger partial charge in [-0.1, -0.05) is 12.1 Å². The standard InChI is InChI=1S/C12H9Br2NO/c1-16-9-4-2-3-8(7-9)10-5-6-15-12(14)11(10)13/h2-7H,1H3. The Morgan fingerprint density at radius 3 is 2.75 bits per heavy atom. The fraction of sp³-hybridized carbons (Fsp3) is 0.0833. The van der Waals surface area contributed by atoms with Crippen molar-refractivity contribution >= 4 is 31.9 Å². The van der Waals surface area contributed by atoms with Crippen molar-refractivity contribution < 1.29 is 4.74 Å². The van der Waals surface area contributed by atoms with Gasteiger partial charge in [0.2, 0.25) is 0 Å². The molecule has 2 nitrogen and oxygen atoms in total. The zero-order valence-corrected chi connectivity index (χ0v) is 11.7. The van der Waals surface area contributed by atoms with Gasteiger partial charge in [0.15, 0.2) is 0 Å². The third kappa shape index (κ3) is 2.28. The summed E-state index contributed by atoms with van der Waals surface area (Å²) in [5, 5.41) is 0. The Hall–Kier alpha value is -0.870. The van der Waals surface area contributed by atoms with Crippen molar-refractivity contribution in [2.45, 2.75) is 0 Å². The molecule has 0 aliphatic carbocycles. The van der Waals surface area contributed by atoms with Gasteiger partial charge in [-0.05, 0) is 55.6 Å². The largest absolute Gasteiger partial charge is 0.497 e. The van der Waals surface area contributed by atoms with Crippen LogP contribution in [0.5, 0.6) is 5.75 Å². The summed E-state index contributed by atoms with van der Waals surface area (Å²) in [6, 6.07) is 9.88. The quantitative estimate of drug-likeness (QED) is 0.760. The lowest BCUT2D eigenvalue weighted by Gasteiger charge is -2.07. The number of halogens is 2. The molecule has 1 heterocycles. The fourth-order valence-electron chi connectivity index (χ4n) is 1.43. The highest BCUT2D eigenvalue weighted by atomic mass is 79.9. The van der Waals surface area contributed by atoms with Crippen molar-refractivity contribution in [3.05, 3.63) is 45.6 Å². The van der Waals surface area contributed by atoms with Gasteiger partial charge >= 0.3 is 0 Å². The molecule has 0 fully saturated rings. The number of ether oxygens (including phenoxy) is 1. The minimum atomic E-state index is 0.799. The fourth-order valence-corrected chi connectivity index (χ4v) is 2.23. The molecule has 0 aliphatic heterocycles. The van der Waals surface area contributed by atoms with Gasteiger partial charge in [-0.2, -0.15) is 0 Å². The molecule has 0 saturated heterocycles. The van der Waals surface area contributed by atoms with E-state index >= 15 is 0 Å². The maximum absolute atomic E-state index is 5.20. The van der Waals surface area contributed by atoms with Crippen LogP contribution in [0.3, 0.4) is 0 Å². The van der Waals surface area contributed by atoms with E-state index in [-0.39, 0.29) is 0 Å². The molecular weight excluding hydrogens is 334 g/mol. The number of rotatable bonds is 2. The molecule has 1 aromatic carbocycles. The van der Waals surface area contributed by atoms with Crippen LogP contribution in [0.1, 0.15) is 0 Å². The van der Waals surface area contributed by atoms with E-state index in [0.29, 0.717) is 0 Å². The normalized spacial score (nSPS) is 10.2. The molecule has 0 aliphatic rings. The van der Waals surface area contributed by atoms with Crippen LogP contribution in [0.25, 0.3) is 11.1 Å². The lowest BCUT2D eigenvalue weighted by atomic mass is 10.1. The van der Waals surface area contributed by atoms with Gasteiger partial charge in [0.05, 0.1) is 11.6 Å². The molecule has 0 saturated carbocycles. The van der Waals surface area contributed by atoms with Crippen molar-refractivity contribution in [1.82, 2.24) is 4.98 Å². The number of methoxy groups -OCH3 is 1. The minimum absolute atomic E-state index is 0.799. The van der Waals surface area contributed by atoms with Gasteiger partial charge in [-0.25, -0.2) is 4.98 Å². The lowest BCUT2D eigenvalue weighted by molar-refractivity contribution is 0.415. The molecule has 0 bridgehead atoms. The van der Waals surface area contributed by atoms with E-state index in [9.17, 15) is 0 Å². The Morgan fingerprint density at radius 1 is 1.19 bits per heavy atom. The molecule has 4 heteroatoms. The van der Waals surface area contributed by atoms with E-state index in [2.05, 4.69) is 36.8 Å². The zero-order chi connectivity index (χ0) is 11.5. The summed E-state index contributed by atoms with van der Waals surface area (Å²) in [4.78, 5) is 4.15. The van der Waals surface area contributed by atoms with Gasteiger partial charge in [0.1, 0.15) is 10.4 Å². The molecule has 0 N–H and O–H groups in total. The number of benzene rings is 1. The van der Waals surface area contributed by atoms with Crippen molar-refractivity contribution in [1.29, 1.82) is 0 Å². The van der Waals surface area contributed by atoms with Crippen LogP contribution in [-0.2, 0) is 0 Å². The average Bonchev–Trinajstić information content (AvgIpc) is 2.33. The molecule has 0 amide bonds. The smallest absolute Gasteiger partial charge is 0.120 e. The maximum Gasteiger partial charge on any atom is 0.120 e. The van der Waals surface area contributed by atoms with Gasteiger partial charge in [0.25, 0.3) is 0 Å². The first-order valence-electron chi connectivity index (χ1n) is 4.67. The highest BCUT2D eigenvalue weighted by Gasteiger charge is 2.07. The van der Waals surface area contributed by atoms with Gasteiger partial charge in [-0.15, -0.1) is 0 Å². The predicted molar refractivity (Wildman–Crippen MR) is 71.6 cm³/mol. The second kappa shape index (κ2) is 4.97. The number of hydrogen-bond donors (Lipinski definition) is 0. The first-order chi connectivity index (χ1) is 7.72. The summed E-state index contributed by atoms with van der Waals surface area (Å²) in [6.07, 6.45) is 1.77. The number of pyridine rings is 1. The Kier molecular flexibility index (Phi) is 3.61. The molecule has 0 spiro atoms. The average molecular weight is 343 g/mol. The maximum atomic E-state index is 5.20. The Morgan fingerprint density at radius 2 is 2.00 bits per heavy atom. The summed E-state index contributed by atoms with van der Waals surface area (Å²) < 4.78 is 6.95. The van der Waals surface area contributed by atoms with Crippen LogP contribution in [0, 0.1) is 0 Å². The molecule has 2 rings (SSSR count). The second-order valence-electron chi connectivity index (χ2n) is 3.20. The Balaban J connectivity index is 2.54. The van der Waals surface area contributed by atoms with E-state index in [1.807, 2.05) is 30.3 Å². The number of nitrogens with zero attached hydrogens (tertiary/aromatic N) is 1. The molecule has 0 radical (unpaired) electrons. The predicted octanol–water partition coefficient (Wildman–Crippen LogP) is 4.28. The monoisotopic (exact) mass is 341 g/mol. The molecular formula is C12H9Br2NO. The topological polar surface area (TPSA) is 22.1 Å². The molecule has 1 aromatic heterocycles. The molecule has 0 atom stereocenters. The minimum Gasteiger partial charge on any atom is -0.497 e.